The Morgan fingerprint density at radius 2 is 2.12 bits per heavy atom. The van der Waals surface area contributed by atoms with E-state index in [2.05, 4.69) is 32.3 Å². The number of hydrogen-bond acceptors (Lipinski definition) is 3. The van der Waals surface area contributed by atoms with Crippen LogP contribution in [0.2, 0.25) is 0 Å². The van der Waals surface area contributed by atoms with Gasteiger partial charge in [-0.05, 0) is 45.6 Å². The molecule has 3 aromatic rings. The summed E-state index contributed by atoms with van der Waals surface area (Å²) in [5.41, 5.74) is 1.89. The molecule has 3 nitrogen and oxygen atoms in total. The van der Waals surface area contributed by atoms with E-state index in [0.717, 1.165) is 15.6 Å². The molecule has 0 spiro atoms. The molecular formula is C12H8BrN3S. The topological polar surface area (TPSA) is 30.7 Å². The van der Waals surface area contributed by atoms with Gasteiger partial charge >= 0.3 is 0 Å². The van der Waals surface area contributed by atoms with E-state index in [0.29, 0.717) is 0 Å². The molecule has 17 heavy (non-hydrogen) atoms. The highest BCUT2D eigenvalue weighted by atomic mass is 79.9. The lowest BCUT2D eigenvalue weighted by molar-refractivity contribution is 0.859. The van der Waals surface area contributed by atoms with Crippen LogP contribution in [0.5, 0.6) is 0 Å². The maximum absolute atomic E-state index is 4.13. The highest BCUT2D eigenvalue weighted by molar-refractivity contribution is 9.15. The molecule has 2 aromatic heterocycles. The second kappa shape index (κ2) is 4.43. The molecule has 0 amide bonds. The number of nitrogens with zero attached hydrogens (tertiary/aromatic N) is 3. The molecule has 0 saturated heterocycles. The smallest absolute Gasteiger partial charge is 0.113 e. The molecule has 1 aromatic carbocycles. The Morgan fingerprint density at radius 1 is 1.24 bits per heavy atom. The maximum Gasteiger partial charge on any atom is 0.113 e. The van der Waals surface area contributed by atoms with Crippen molar-refractivity contribution >= 4 is 49.0 Å². The van der Waals surface area contributed by atoms with Gasteiger partial charge in [-0.15, -0.1) is 16.4 Å². The van der Waals surface area contributed by atoms with E-state index in [4.69, 9.17) is 0 Å². The van der Waals surface area contributed by atoms with E-state index in [9.17, 15) is 0 Å². The fourth-order valence-corrected chi connectivity index (χ4v) is 2.89. The Hall–Kier alpha value is -1.46. The van der Waals surface area contributed by atoms with Crippen LogP contribution < -0.4 is 0 Å². The Kier molecular flexibility index (Phi) is 2.78. The van der Waals surface area contributed by atoms with Gasteiger partial charge in [0, 0.05) is 4.88 Å². The molecule has 0 aliphatic rings. The van der Waals surface area contributed by atoms with Crippen LogP contribution in [0.3, 0.4) is 0 Å². The molecule has 0 aliphatic heterocycles. The van der Waals surface area contributed by atoms with Gasteiger partial charge < -0.3 is 0 Å². The average Bonchev–Trinajstić information content (AvgIpc) is 2.96. The van der Waals surface area contributed by atoms with Crippen molar-refractivity contribution < 1.29 is 0 Å². The first kappa shape index (κ1) is 10.7. The van der Waals surface area contributed by atoms with Crippen LogP contribution in [0.15, 0.2) is 41.8 Å². The predicted molar refractivity (Wildman–Crippen MR) is 74.9 cm³/mol. The Balaban J connectivity index is 2.10. The van der Waals surface area contributed by atoms with Crippen LogP contribution in [-0.4, -0.2) is 15.0 Å². The van der Waals surface area contributed by atoms with Gasteiger partial charge in [-0.3, -0.25) is 0 Å². The van der Waals surface area contributed by atoms with Gasteiger partial charge in [0.1, 0.15) is 10.1 Å². The van der Waals surface area contributed by atoms with Crippen molar-refractivity contribution in [1.82, 2.24) is 15.0 Å². The summed E-state index contributed by atoms with van der Waals surface area (Å²) in [6, 6.07) is 12.0. The number of rotatable bonds is 2. The van der Waals surface area contributed by atoms with E-state index in [1.165, 1.54) is 4.88 Å². The summed E-state index contributed by atoms with van der Waals surface area (Å²) in [7, 11) is 0. The number of aromatic nitrogens is 3. The van der Waals surface area contributed by atoms with Crippen LogP contribution in [0.1, 0.15) is 4.88 Å². The summed E-state index contributed by atoms with van der Waals surface area (Å²) in [6.45, 7) is 0. The van der Waals surface area contributed by atoms with Crippen LogP contribution in [0, 0.1) is 0 Å². The summed E-state index contributed by atoms with van der Waals surface area (Å²) in [4.78, 5) is 1.18. The van der Waals surface area contributed by atoms with Crippen LogP contribution in [0.4, 0.5) is 0 Å². The van der Waals surface area contributed by atoms with E-state index in [-0.39, 0.29) is 0 Å². The quantitative estimate of drug-likeness (QED) is 0.720. The van der Waals surface area contributed by atoms with Gasteiger partial charge in [0.15, 0.2) is 0 Å². The third-order valence-electron chi connectivity index (χ3n) is 2.36. The Morgan fingerprint density at radius 3 is 2.94 bits per heavy atom. The van der Waals surface area contributed by atoms with Crippen LogP contribution in [0.25, 0.3) is 21.7 Å². The zero-order valence-corrected chi connectivity index (χ0v) is 11.1. The Bertz CT molecular complexity index is 670. The molecule has 84 valence electrons. The molecule has 3 rings (SSSR count). The van der Waals surface area contributed by atoms with Gasteiger partial charge in [-0.1, -0.05) is 23.4 Å². The highest BCUT2D eigenvalue weighted by Gasteiger charge is 2.05. The zero-order chi connectivity index (χ0) is 11.7. The number of halogens is 1. The second-order valence-corrected chi connectivity index (χ2v) is 5.26. The predicted octanol–water partition coefficient (Wildman–Crippen LogP) is 3.84. The lowest BCUT2D eigenvalue weighted by Gasteiger charge is -1.99. The average molecular weight is 306 g/mol. The minimum atomic E-state index is 0.883. The standard InChI is InChI=1S/C12H8BrN3S/c13-12(8-9-4-3-7-17-9)16-11-6-2-1-5-10(11)14-15-16/h1-8H/b12-8-. The molecule has 5 heteroatoms. The zero-order valence-electron chi connectivity index (χ0n) is 8.75. The molecule has 0 radical (unpaired) electrons. The van der Waals surface area contributed by atoms with Crippen LogP contribution >= 0.6 is 27.3 Å². The molecule has 0 N–H and O–H groups in total. The van der Waals surface area contributed by atoms with Gasteiger partial charge in [-0.2, -0.15) is 0 Å². The summed E-state index contributed by atoms with van der Waals surface area (Å²) >= 11 is 5.22. The van der Waals surface area contributed by atoms with Crippen molar-refractivity contribution in [2.24, 2.45) is 0 Å². The molecule has 2 heterocycles. The van der Waals surface area contributed by atoms with Crippen molar-refractivity contribution in [3.8, 4) is 0 Å². The van der Waals surface area contributed by atoms with E-state index < -0.39 is 0 Å². The van der Waals surface area contributed by atoms with Crippen molar-refractivity contribution in [3.05, 3.63) is 46.7 Å². The third-order valence-corrected chi connectivity index (χ3v) is 3.74. The SMILES string of the molecule is Br/C(=C/c1cccs1)n1nnc2ccccc21. The molecule has 0 saturated carbocycles. The second-order valence-electron chi connectivity index (χ2n) is 3.47. The lowest BCUT2D eigenvalue weighted by Crippen LogP contribution is -1.93. The van der Waals surface area contributed by atoms with Crippen LogP contribution in [-0.2, 0) is 0 Å². The third kappa shape index (κ3) is 2.03. The number of benzene rings is 1. The molecular weight excluding hydrogens is 298 g/mol. The maximum atomic E-state index is 4.13. The van der Waals surface area contributed by atoms with Gasteiger partial charge in [0.2, 0.25) is 0 Å². The molecule has 0 unspecified atom stereocenters. The van der Waals surface area contributed by atoms with Crippen molar-refractivity contribution in [3.63, 3.8) is 0 Å². The molecule has 0 atom stereocenters. The van der Waals surface area contributed by atoms with Crippen molar-refractivity contribution in [2.45, 2.75) is 0 Å². The lowest BCUT2D eigenvalue weighted by atomic mass is 10.3. The van der Waals surface area contributed by atoms with Gasteiger partial charge in [-0.25, -0.2) is 4.68 Å². The number of para-hydroxylation sites is 1. The highest BCUT2D eigenvalue weighted by Crippen LogP contribution is 2.23. The fourth-order valence-electron chi connectivity index (χ4n) is 1.58. The minimum absolute atomic E-state index is 0.883. The normalized spacial score (nSPS) is 12.2. The molecule has 0 bridgehead atoms. The molecule has 0 aliphatic carbocycles. The fraction of sp³-hybridized carbons (Fsp3) is 0. The largest absolute Gasteiger partial charge is 0.206 e. The van der Waals surface area contributed by atoms with Gasteiger partial charge in [0.25, 0.3) is 0 Å². The molecule has 0 fully saturated rings. The minimum Gasteiger partial charge on any atom is -0.206 e. The van der Waals surface area contributed by atoms with Crippen molar-refractivity contribution in [2.75, 3.05) is 0 Å². The Labute approximate surface area is 111 Å². The van der Waals surface area contributed by atoms with E-state index >= 15 is 0 Å². The van der Waals surface area contributed by atoms with E-state index in [1.807, 2.05) is 41.8 Å². The van der Waals surface area contributed by atoms with Crippen molar-refractivity contribution in [1.29, 1.82) is 0 Å². The summed E-state index contributed by atoms with van der Waals surface area (Å²) < 4.78 is 2.67. The monoisotopic (exact) mass is 305 g/mol. The number of hydrogen-bond donors (Lipinski definition) is 0. The van der Waals surface area contributed by atoms with E-state index in [1.54, 1.807) is 16.0 Å². The van der Waals surface area contributed by atoms with Gasteiger partial charge in [0.05, 0.1) is 5.52 Å². The first-order valence-electron chi connectivity index (χ1n) is 5.06. The summed E-state index contributed by atoms with van der Waals surface area (Å²) in [6.07, 6.45) is 2.03. The summed E-state index contributed by atoms with van der Waals surface area (Å²) in [5.74, 6) is 0. The first-order valence-corrected chi connectivity index (χ1v) is 6.73. The number of thiophene rings is 1. The summed E-state index contributed by atoms with van der Waals surface area (Å²) in [5, 5.41) is 10.3. The number of fused-ring (bicyclic) bond motifs is 1. The first-order chi connectivity index (χ1) is 8.34.